The molecule has 0 fully saturated rings. The highest BCUT2D eigenvalue weighted by Crippen LogP contribution is 1.91. The summed E-state index contributed by atoms with van der Waals surface area (Å²) in [6, 6.07) is 0. The smallest absolute Gasteiger partial charge is 0.332 e. The first-order chi connectivity index (χ1) is 7.45. The quantitative estimate of drug-likeness (QED) is 0.311. The summed E-state index contributed by atoms with van der Waals surface area (Å²) in [6.07, 6.45) is -0.0443. The third kappa shape index (κ3) is 7.77. The van der Waals surface area contributed by atoms with Gasteiger partial charge in [0, 0.05) is 11.8 Å². The zero-order valence-electron chi connectivity index (χ0n) is 8.84. The number of esters is 1. The normalized spacial score (nSPS) is 13.1. The predicted octanol–water partition coefficient (Wildman–Crippen LogP) is -1.54. The van der Waals surface area contributed by atoms with Crippen LogP contribution in [-0.2, 0) is 14.3 Å². The first-order valence-electron chi connectivity index (χ1n) is 4.55. The van der Waals surface area contributed by atoms with Gasteiger partial charge >= 0.3 is 11.9 Å². The number of allylic oxidation sites excluding steroid dienone is 1. The number of aliphatic carboxylic acids is 1. The fourth-order valence-corrected chi connectivity index (χ4v) is 0.716. The summed E-state index contributed by atoms with van der Waals surface area (Å²) in [5.74, 6) is -1.76. The Hall–Kier alpha value is -1.60. The lowest BCUT2D eigenvalue weighted by molar-refractivity contribution is -0.141. The van der Waals surface area contributed by atoms with Gasteiger partial charge in [-0.2, -0.15) is 0 Å². The SMILES string of the molecule is CC(=CC(=O)OCC(O)CO)NCC(=O)O. The van der Waals surface area contributed by atoms with Crippen LogP contribution >= 0.6 is 0 Å². The fourth-order valence-electron chi connectivity index (χ4n) is 0.716. The molecule has 0 rings (SSSR count). The minimum Gasteiger partial charge on any atom is -0.480 e. The maximum atomic E-state index is 11.0. The molecule has 1 atom stereocenters. The van der Waals surface area contributed by atoms with E-state index >= 15 is 0 Å². The Labute approximate surface area is 92.3 Å². The highest BCUT2D eigenvalue weighted by atomic mass is 16.5. The summed E-state index contributed by atoms with van der Waals surface area (Å²) in [5.41, 5.74) is 0.339. The molecule has 0 aliphatic heterocycles. The zero-order valence-corrected chi connectivity index (χ0v) is 8.84. The van der Waals surface area contributed by atoms with Crippen molar-refractivity contribution in [3.05, 3.63) is 11.8 Å². The van der Waals surface area contributed by atoms with E-state index in [9.17, 15) is 9.59 Å². The molecule has 0 saturated carbocycles. The highest BCUT2D eigenvalue weighted by Gasteiger charge is 2.06. The number of nitrogens with one attached hydrogen (secondary N) is 1. The van der Waals surface area contributed by atoms with Crippen LogP contribution in [0.5, 0.6) is 0 Å². The van der Waals surface area contributed by atoms with Gasteiger partial charge in [0.1, 0.15) is 19.3 Å². The van der Waals surface area contributed by atoms with E-state index < -0.39 is 24.6 Å². The Balaban J connectivity index is 3.91. The third-order valence-corrected chi connectivity index (χ3v) is 1.48. The van der Waals surface area contributed by atoms with Crippen LogP contribution in [0.2, 0.25) is 0 Å². The van der Waals surface area contributed by atoms with Crippen molar-refractivity contribution in [1.82, 2.24) is 5.32 Å². The summed E-state index contributed by atoms with van der Waals surface area (Å²) < 4.78 is 4.56. The zero-order chi connectivity index (χ0) is 12.6. The van der Waals surface area contributed by atoms with Crippen molar-refractivity contribution < 1.29 is 29.6 Å². The topological polar surface area (TPSA) is 116 Å². The summed E-state index contributed by atoms with van der Waals surface area (Å²) >= 11 is 0. The molecule has 0 aromatic rings. The van der Waals surface area contributed by atoms with E-state index in [-0.39, 0.29) is 13.2 Å². The molecule has 7 heteroatoms. The minimum atomic E-state index is -1.11. The first kappa shape index (κ1) is 14.4. The summed E-state index contributed by atoms with van der Waals surface area (Å²) in [4.78, 5) is 21.2. The van der Waals surface area contributed by atoms with E-state index in [4.69, 9.17) is 15.3 Å². The number of rotatable bonds is 7. The number of aliphatic hydroxyl groups is 2. The molecule has 1 unspecified atom stereocenters. The van der Waals surface area contributed by atoms with Crippen molar-refractivity contribution in [3.63, 3.8) is 0 Å². The molecule has 0 spiro atoms. The number of ether oxygens (including phenoxy) is 1. The molecule has 7 nitrogen and oxygen atoms in total. The maximum Gasteiger partial charge on any atom is 0.332 e. The maximum absolute atomic E-state index is 11.0. The second-order valence-electron chi connectivity index (χ2n) is 3.04. The van der Waals surface area contributed by atoms with Crippen molar-refractivity contribution in [2.45, 2.75) is 13.0 Å². The molecule has 92 valence electrons. The fraction of sp³-hybridized carbons (Fsp3) is 0.556. The second-order valence-corrected chi connectivity index (χ2v) is 3.04. The summed E-state index contributed by atoms with van der Waals surface area (Å²) in [5, 5.41) is 28.1. The van der Waals surface area contributed by atoms with Crippen molar-refractivity contribution in [2.75, 3.05) is 19.8 Å². The molecule has 0 saturated heterocycles. The minimum absolute atomic E-state index is 0.297. The lowest BCUT2D eigenvalue weighted by Crippen LogP contribution is -2.23. The average molecular weight is 233 g/mol. The molecule has 0 radical (unpaired) electrons. The lowest BCUT2D eigenvalue weighted by Gasteiger charge is -2.07. The van der Waals surface area contributed by atoms with Crippen LogP contribution in [0.15, 0.2) is 11.8 Å². The van der Waals surface area contributed by atoms with Gasteiger partial charge in [-0.05, 0) is 6.92 Å². The van der Waals surface area contributed by atoms with E-state index in [1.807, 2.05) is 0 Å². The molecule has 0 aliphatic carbocycles. The molecular formula is C9H15NO6. The predicted molar refractivity (Wildman–Crippen MR) is 53.4 cm³/mol. The van der Waals surface area contributed by atoms with Crippen molar-refractivity contribution in [1.29, 1.82) is 0 Å². The molecule has 0 aromatic heterocycles. The Morgan fingerprint density at radius 1 is 1.50 bits per heavy atom. The van der Waals surface area contributed by atoms with Gasteiger partial charge in [-0.3, -0.25) is 4.79 Å². The number of carbonyl (C=O) groups excluding carboxylic acids is 1. The van der Waals surface area contributed by atoms with Crippen LogP contribution in [0.3, 0.4) is 0 Å². The molecule has 0 aromatic carbocycles. The second kappa shape index (κ2) is 7.66. The Morgan fingerprint density at radius 2 is 2.12 bits per heavy atom. The Bertz CT molecular complexity index is 275. The Morgan fingerprint density at radius 3 is 2.62 bits per heavy atom. The monoisotopic (exact) mass is 233 g/mol. The van der Waals surface area contributed by atoms with Crippen LogP contribution in [0.25, 0.3) is 0 Å². The molecular weight excluding hydrogens is 218 g/mol. The van der Waals surface area contributed by atoms with Crippen molar-refractivity contribution in [3.8, 4) is 0 Å². The highest BCUT2D eigenvalue weighted by molar-refractivity contribution is 5.82. The van der Waals surface area contributed by atoms with E-state index in [1.54, 1.807) is 0 Å². The largest absolute Gasteiger partial charge is 0.480 e. The number of hydrogen-bond acceptors (Lipinski definition) is 6. The molecule has 0 heterocycles. The van der Waals surface area contributed by atoms with Crippen LogP contribution in [-0.4, -0.2) is 53.1 Å². The van der Waals surface area contributed by atoms with Crippen LogP contribution in [0, 0.1) is 0 Å². The van der Waals surface area contributed by atoms with Gasteiger partial charge in [0.25, 0.3) is 0 Å². The lowest BCUT2D eigenvalue weighted by atomic mass is 10.4. The van der Waals surface area contributed by atoms with E-state index in [1.165, 1.54) is 6.92 Å². The van der Waals surface area contributed by atoms with Crippen molar-refractivity contribution >= 4 is 11.9 Å². The van der Waals surface area contributed by atoms with Crippen LogP contribution in [0.1, 0.15) is 6.92 Å². The van der Waals surface area contributed by atoms with E-state index in [2.05, 4.69) is 10.1 Å². The van der Waals surface area contributed by atoms with Crippen LogP contribution < -0.4 is 5.32 Å². The van der Waals surface area contributed by atoms with E-state index in [0.717, 1.165) is 6.08 Å². The molecule has 0 amide bonds. The average Bonchev–Trinajstić information content (AvgIpc) is 2.23. The van der Waals surface area contributed by atoms with Gasteiger partial charge in [0.05, 0.1) is 6.61 Å². The molecule has 0 aliphatic rings. The van der Waals surface area contributed by atoms with Crippen LogP contribution in [0.4, 0.5) is 0 Å². The number of aliphatic hydroxyl groups excluding tert-OH is 2. The van der Waals surface area contributed by atoms with Crippen molar-refractivity contribution in [2.24, 2.45) is 0 Å². The summed E-state index contributed by atoms with van der Waals surface area (Å²) in [7, 11) is 0. The number of carbonyl (C=O) groups is 2. The van der Waals surface area contributed by atoms with Gasteiger partial charge in [-0.1, -0.05) is 0 Å². The number of carboxylic acid groups (broad SMARTS) is 1. The van der Waals surface area contributed by atoms with Gasteiger partial charge in [0.15, 0.2) is 0 Å². The van der Waals surface area contributed by atoms with Gasteiger partial charge in [-0.15, -0.1) is 0 Å². The number of hydrogen-bond donors (Lipinski definition) is 4. The molecule has 16 heavy (non-hydrogen) atoms. The molecule has 4 N–H and O–H groups in total. The Kier molecular flexibility index (Phi) is 6.89. The number of carboxylic acids is 1. The third-order valence-electron chi connectivity index (χ3n) is 1.48. The molecule has 0 bridgehead atoms. The van der Waals surface area contributed by atoms with Gasteiger partial charge < -0.3 is 25.4 Å². The summed E-state index contributed by atoms with van der Waals surface area (Å²) in [6.45, 7) is 0.410. The first-order valence-corrected chi connectivity index (χ1v) is 4.55. The van der Waals surface area contributed by atoms with Gasteiger partial charge in [-0.25, -0.2) is 4.79 Å². The van der Waals surface area contributed by atoms with Gasteiger partial charge in [0.2, 0.25) is 0 Å². The van der Waals surface area contributed by atoms with E-state index in [0.29, 0.717) is 5.70 Å². The standard InChI is InChI=1S/C9H15NO6/c1-6(10-3-8(13)14)2-9(15)16-5-7(12)4-11/h2,7,10-12H,3-5H2,1H3,(H,13,14).